The molecule has 0 radical (unpaired) electrons. The summed E-state index contributed by atoms with van der Waals surface area (Å²) in [4.78, 5) is 0. The van der Waals surface area contributed by atoms with Crippen LogP contribution in [0.1, 0.15) is 85.0 Å². The molecule has 0 aromatic heterocycles. The van der Waals surface area contributed by atoms with E-state index in [0.29, 0.717) is 26.4 Å². The van der Waals surface area contributed by atoms with Crippen LogP contribution in [0.4, 0.5) is 0 Å². The summed E-state index contributed by atoms with van der Waals surface area (Å²) >= 11 is 2.06. The molecule has 0 spiro atoms. The van der Waals surface area contributed by atoms with Crippen molar-refractivity contribution in [1.82, 2.24) is 0 Å². The molecule has 0 saturated carbocycles. The Morgan fingerprint density at radius 1 is 0.615 bits per heavy atom. The number of hydrogen-bond acceptors (Lipinski definition) is 5. The van der Waals surface area contributed by atoms with Gasteiger partial charge in [-0.2, -0.15) is 11.8 Å². The van der Waals surface area contributed by atoms with Gasteiger partial charge in [-0.25, -0.2) is 0 Å². The molecule has 6 heteroatoms. The molecule has 0 aromatic carbocycles. The summed E-state index contributed by atoms with van der Waals surface area (Å²) < 4.78 is 17.7. The van der Waals surface area contributed by atoms with E-state index in [0.717, 1.165) is 18.9 Å². The fourth-order valence-corrected chi connectivity index (χ4v) is 6.88. The fourth-order valence-electron chi connectivity index (χ4n) is 3.05. The van der Waals surface area contributed by atoms with E-state index >= 15 is 0 Å². The Morgan fingerprint density at radius 3 is 1.50 bits per heavy atom. The number of aliphatic hydroxyl groups excluding tert-OH is 1. The van der Waals surface area contributed by atoms with Gasteiger partial charge < -0.3 is 18.4 Å². The van der Waals surface area contributed by atoms with Gasteiger partial charge in [0, 0.05) is 32.5 Å². The molecule has 0 unspecified atom stereocenters. The summed E-state index contributed by atoms with van der Waals surface area (Å²) in [5.74, 6) is 2.44. The smallest absolute Gasteiger partial charge is 0.396 e. The molecule has 0 aliphatic rings. The minimum atomic E-state index is -2.43. The molecule has 158 valence electrons. The van der Waals surface area contributed by atoms with Crippen molar-refractivity contribution in [1.29, 1.82) is 0 Å². The Hall–Kier alpha value is 0.407. The van der Waals surface area contributed by atoms with Gasteiger partial charge in [0.15, 0.2) is 0 Å². The van der Waals surface area contributed by atoms with Crippen molar-refractivity contribution in [3.63, 3.8) is 0 Å². The van der Waals surface area contributed by atoms with Crippen LogP contribution < -0.4 is 0 Å². The van der Waals surface area contributed by atoms with E-state index in [1.54, 1.807) is 0 Å². The predicted molar refractivity (Wildman–Crippen MR) is 116 cm³/mol. The van der Waals surface area contributed by atoms with Crippen LogP contribution in [-0.4, -0.2) is 51.8 Å². The summed E-state index contributed by atoms with van der Waals surface area (Å²) in [5, 5.41) is 8.74. The molecule has 0 amide bonds. The van der Waals surface area contributed by atoms with Crippen LogP contribution in [-0.2, 0) is 13.3 Å². The monoisotopic (exact) mass is 408 g/mol. The number of hydrogen-bond donors (Lipinski definition) is 1. The van der Waals surface area contributed by atoms with Crippen LogP contribution in [0.3, 0.4) is 0 Å². The minimum absolute atomic E-state index is 0.351. The Bertz CT molecular complexity index is 266. The minimum Gasteiger partial charge on any atom is -0.396 e. The highest BCUT2D eigenvalue weighted by atomic mass is 32.2. The molecule has 0 atom stereocenters. The maximum absolute atomic E-state index is 8.74. The number of aliphatic hydroxyl groups is 1. The highest BCUT2D eigenvalue weighted by molar-refractivity contribution is 7.99. The third-order valence-electron chi connectivity index (χ3n) is 4.31. The standard InChI is InChI=1S/C20H44O4SSi/c1-4-22-26(23-5-2,24-6-3)20-16-19-25-18-15-13-11-9-7-8-10-12-14-17-21/h21H,4-20H2,1-3H3. The van der Waals surface area contributed by atoms with E-state index in [1.165, 1.54) is 62.9 Å². The topological polar surface area (TPSA) is 47.9 Å². The average molecular weight is 409 g/mol. The lowest BCUT2D eigenvalue weighted by molar-refractivity contribution is 0.0712. The zero-order chi connectivity index (χ0) is 19.3. The van der Waals surface area contributed by atoms with Gasteiger partial charge in [0.25, 0.3) is 0 Å². The van der Waals surface area contributed by atoms with Crippen molar-refractivity contribution in [2.75, 3.05) is 37.9 Å². The van der Waals surface area contributed by atoms with E-state index in [-0.39, 0.29) is 0 Å². The molecule has 0 aliphatic heterocycles. The lowest BCUT2D eigenvalue weighted by Gasteiger charge is -2.28. The molecular formula is C20H44O4SSi. The van der Waals surface area contributed by atoms with Crippen LogP contribution in [0.5, 0.6) is 0 Å². The third-order valence-corrected chi connectivity index (χ3v) is 8.62. The van der Waals surface area contributed by atoms with Crippen LogP contribution >= 0.6 is 11.8 Å². The largest absolute Gasteiger partial charge is 0.500 e. The fraction of sp³-hybridized carbons (Fsp3) is 1.00. The number of rotatable bonds is 21. The summed E-state index contributed by atoms with van der Waals surface area (Å²) in [7, 11) is -2.43. The van der Waals surface area contributed by atoms with Crippen LogP contribution in [0, 0.1) is 0 Å². The Kier molecular flexibility index (Phi) is 20.5. The quantitative estimate of drug-likeness (QED) is 0.196. The summed E-state index contributed by atoms with van der Waals surface area (Å²) in [6.07, 6.45) is 12.7. The number of thioether (sulfide) groups is 1. The van der Waals surface area contributed by atoms with Gasteiger partial charge in [-0.3, -0.25) is 0 Å². The van der Waals surface area contributed by atoms with E-state index in [4.69, 9.17) is 18.4 Å². The molecule has 0 heterocycles. The third kappa shape index (κ3) is 15.5. The lowest BCUT2D eigenvalue weighted by atomic mass is 10.1. The van der Waals surface area contributed by atoms with Crippen LogP contribution in [0.2, 0.25) is 6.04 Å². The van der Waals surface area contributed by atoms with E-state index in [9.17, 15) is 0 Å². The normalized spacial score (nSPS) is 12.0. The maximum atomic E-state index is 8.74. The molecule has 0 rings (SSSR count). The predicted octanol–water partition coefficient (Wildman–Crippen LogP) is 5.66. The van der Waals surface area contributed by atoms with Gasteiger partial charge in [-0.05, 0) is 51.5 Å². The molecule has 0 fully saturated rings. The van der Waals surface area contributed by atoms with Gasteiger partial charge in [0.1, 0.15) is 0 Å². The van der Waals surface area contributed by atoms with E-state index in [1.807, 2.05) is 20.8 Å². The average Bonchev–Trinajstić information content (AvgIpc) is 2.63. The Morgan fingerprint density at radius 2 is 1.04 bits per heavy atom. The van der Waals surface area contributed by atoms with Gasteiger partial charge >= 0.3 is 8.80 Å². The molecule has 0 aromatic rings. The van der Waals surface area contributed by atoms with Gasteiger partial charge in [0.05, 0.1) is 0 Å². The molecule has 0 saturated heterocycles. The van der Waals surface area contributed by atoms with Gasteiger partial charge in [-0.1, -0.05) is 44.9 Å². The molecular weight excluding hydrogens is 364 g/mol. The highest BCUT2D eigenvalue weighted by Crippen LogP contribution is 2.20. The van der Waals surface area contributed by atoms with E-state index < -0.39 is 8.80 Å². The van der Waals surface area contributed by atoms with Crippen molar-refractivity contribution in [2.45, 2.75) is 91.0 Å². The first-order valence-corrected chi connectivity index (χ1v) is 13.9. The second-order valence-corrected chi connectivity index (χ2v) is 10.6. The molecule has 1 N–H and O–H groups in total. The van der Waals surface area contributed by atoms with Crippen molar-refractivity contribution in [3.05, 3.63) is 0 Å². The Labute approximate surface area is 168 Å². The van der Waals surface area contributed by atoms with Crippen LogP contribution in [0.15, 0.2) is 0 Å². The second-order valence-electron chi connectivity index (χ2n) is 6.60. The SMILES string of the molecule is CCO[Si](CCCSCCCCCCCCCCCO)(OCC)OCC. The van der Waals surface area contributed by atoms with E-state index in [2.05, 4.69) is 11.8 Å². The van der Waals surface area contributed by atoms with Crippen molar-refractivity contribution < 1.29 is 18.4 Å². The summed E-state index contributed by atoms with van der Waals surface area (Å²) in [5.41, 5.74) is 0. The lowest BCUT2D eigenvalue weighted by Crippen LogP contribution is -2.46. The zero-order valence-corrected chi connectivity index (χ0v) is 19.4. The Balaban J connectivity index is 3.52. The summed E-state index contributed by atoms with van der Waals surface area (Å²) in [6.45, 7) is 8.41. The maximum Gasteiger partial charge on any atom is 0.500 e. The molecule has 4 nitrogen and oxygen atoms in total. The first kappa shape index (κ1) is 26.4. The molecule has 0 aliphatic carbocycles. The molecule has 26 heavy (non-hydrogen) atoms. The molecule has 0 bridgehead atoms. The van der Waals surface area contributed by atoms with Gasteiger partial charge in [0.2, 0.25) is 0 Å². The van der Waals surface area contributed by atoms with Crippen molar-refractivity contribution >= 4 is 20.6 Å². The highest BCUT2D eigenvalue weighted by Gasteiger charge is 2.39. The second kappa shape index (κ2) is 20.1. The number of unbranched alkanes of at least 4 members (excludes halogenated alkanes) is 8. The van der Waals surface area contributed by atoms with Crippen molar-refractivity contribution in [3.8, 4) is 0 Å². The van der Waals surface area contributed by atoms with Crippen molar-refractivity contribution in [2.24, 2.45) is 0 Å². The first-order valence-electron chi connectivity index (χ1n) is 10.8. The first-order chi connectivity index (χ1) is 12.7. The zero-order valence-electron chi connectivity index (χ0n) is 17.6. The van der Waals surface area contributed by atoms with Gasteiger partial charge in [-0.15, -0.1) is 0 Å². The summed E-state index contributed by atoms with van der Waals surface area (Å²) in [6, 6.07) is 0.936. The van der Waals surface area contributed by atoms with Crippen LogP contribution in [0.25, 0.3) is 0 Å².